The predicted octanol–water partition coefficient (Wildman–Crippen LogP) is 9.23. The van der Waals surface area contributed by atoms with E-state index >= 15 is 0 Å². The van der Waals surface area contributed by atoms with Crippen LogP contribution in [0.1, 0.15) is 125 Å². The lowest BCUT2D eigenvalue weighted by molar-refractivity contribution is -0.178. The molecule has 4 nitrogen and oxygen atoms in total. The number of fused-ring (bicyclic) bond motifs is 7. The molecule has 0 aromatic carbocycles. The van der Waals surface area contributed by atoms with Crippen LogP contribution in [0.25, 0.3) is 0 Å². The van der Waals surface area contributed by atoms with Crippen LogP contribution in [0.2, 0.25) is 0 Å². The maximum atomic E-state index is 12.8. The molecule has 2 unspecified atom stereocenters. The van der Waals surface area contributed by atoms with E-state index in [1.807, 2.05) is 0 Å². The van der Waals surface area contributed by atoms with E-state index in [0.29, 0.717) is 23.7 Å². The number of aliphatic hydroxyl groups is 1. The van der Waals surface area contributed by atoms with Crippen molar-refractivity contribution in [2.45, 2.75) is 142 Å². The van der Waals surface area contributed by atoms with Crippen LogP contribution in [-0.2, 0) is 9.47 Å². The van der Waals surface area contributed by atoms with Crippen molar-refractivity contribution in [1.29, 1.82) is 0 Å². The minimum absolute atomic E-state index is 0.260. The molecule has 4 fully saturated rings. The molecule has 10 atom stereocenters. The standard InChI is InChI=1S/C34H55BrO4/c1-22(2)11-10-12-23(3)26-15-16-27-25-14-13-24-21-29(36)30-34(39-31(37)38-30,18-8-6-7-9-20-35)33(24,5)28(25)17-19-32(26,27)4/h13,22-23,25-30,36H,6-12,14-21H2,1-5H3/t23-,25+,26-,27+,28+,29+,30?,32-,33+,34?/m1/s1. The molecule has 1 heterocycles. The number of carbonyl (C=O) groups is 1. The van der Waals surface area contributed by atoms with Crippen LogP contribution >= 0.6 is 15.9 Å². The van der Waals surface area contributed by atoms with Gasteiger partial charge in [-0.1, -0.05) is 94.3 Å². The molecule has 1 N–H and O–H groups in total. The summed E-state index contributed by atoms with van der Waals surface area (Å²) in [5.74, 6) is 4.27. The minimum atomic E-state index is -0.749. The molecule has 0 aromatic heterocycles. The Labute approximate surface area is 246 Å². The van der Waals surface area contributed by atoms with Gasteiger partial charge < -0.3 is 14.6 Å². The van der Waals surface area contributed by atoms with Gasteiger partial charge >= 0.3 is 6.16 Å². The highest BCUT2D eigenvalue weighted by molar-refractivity contribution is 9.09. The Morgan fingerprint density at radius 3 is 2.54 bits per heavy atom. The van der Waals surface area contributed by atoms with Crippen LogP contribution in [0, 0.1) is 46.3 Å². The first-order valence-corrected chi connectivity index (χ1v) is 17.5. The number of halogens is 1. The summed E-state index contributed by atoms with van der Waals surface area (Å²) in [6, 6.07) is 0. The van der Waals surface area contributed by atoms with Crippen molar-refractivity contribution in [2.24, 2.45) is 46.3 Å². The zero-order valence-corrected chi connectivity index (χ0v) is 26.9. The Kier molecular flexibility index (Phi) is 8.91. The number of unbranched alkanes of at least 4 members (excludes halogenated alkanes) is 3. The van der Waals surface area contributed by atoms with Crippen molar-refractivity contribution in [3.63, 3.8) is 0 Å². The molecule has 0 spiro atoms. The molecular weight excluding hydrogens is 552 g/mol. The van der Waals surface area contributed by atoms with E-state index in [-0.39, 0.29) is 5.41 Å². The van der Waals surface area contributed by atoms with Gasteiger partial charge in [-0.2, -0.15) is 0 Å². The van der Waals surface area contributed by atoms with E-state index in [9.17, 15) is 9.90 Å². The first-order valence-electron chi connectivity index (χ1n) is 16.4. The van der Waals surface area contributed by atoms with Crippen LogP contribution in [0.4, 0.5) is 4.79 Å². The van der Waals surface area contributed by atoms with Crippen LogP contribution in [0.3, 0.4) is 0 Å². The summed E-state index contributed by atoms with van der Waals surface area (Å²) in [7, 11) is 0. The maximum absolute atomic E-state index is 12.8. The molecule has 0 radical (unpaired) electrons. The van der Waals surface area contributed by atoms with Crippen molar-refractivity contribution in [3.8, 4) is 0 Å². The number of ether oxygens (including phenoxy) is 2. The van der Waals surface area contributed by atoms with Crippen LogP contribution < -0.4 is 0 Å². The van der Waals surface area contributed by atoms with E-state index in [1.54, 1.807) is 0 Å². The van der Waals surface area contributed by atoms with Crippen LogP contribution in [0.5, 0.6) is 0 Å². The fourth-order valence-corrected chi connectivity index (χ4v) is 11.2. The Morgan fingerprint density at radius 1 is 1.03 bits per heavy atom. The molecule has 5 heteroatoms. The molecule has 222 valence electrons. The normalized spacial score (nSPS) is 43.6. The molecule has 3 saturated carbocycles. The van der Waals surface area contributed by atoms with Gasteiger partial charge in [-0.05, 0) is 98.7 Å². The first-order chi connectivity index (χ1) is 18.6. The number of allylic oxidation sites excluding steroid dienone is 1. The third-order valence-corrected chi connectivity index (χ3v) is 13.3. The quantitative estimate of drug-likeness (QED) is 0.110. The van der Waals surface area contributed by atoms with Gasteiger partial charge in [0.25, 0.3) is 0 Å². The van der Waals surface area contributed by atoms with E-state index in [2.05, 4.69) is 56.6 Å². The topological polar surface area (TPSA) is 55.8 Å². The van der Waals surface area contributed by atoms with E-state index in [1.165, 1.54) is 63.4 Å². The van der Waals surface area contributed by atoms with Crippen molar-refractivity contribution in [2.75, 3.05) is 5.33 Å². The van der Waals surface area contributed by atoms with Gasteiger partial charge in [-0.3, -0.25) is 0 Å². The smallest absolute Gasteiger partial charge is 0.424 e. The Bertz CT molecular complexity index is 917. The molecule has 1 saturated heterocycles. The highest BCUT2D eigenvalue weighted by Gasteiger charge is 2.72. The van der Waals surface area contributed by atoms with Gasteiger partial charge in [-0.25, -0.2) is 4.79 Å². The molecular formula is C34H55BrO4. The summed E-state index contributed by atoms with van der Waals surface area (Å²) >= 11 is 3.56. The molecule has 5 aliphatic rings. The highest BCUT2D eigenvalue weighted by Crippen LogP contribution is 2.70. The summed E-state index contributed by atoms with van der Waals surface area (Å²) in [6.07, 6.45) is 17.0. The second-order valence-corrected chi connectivity index (χ2v) is 15.8. The van der Waals surface area contributed by atoms with Gasteiger partial charge in [0.2, 0.25) is 0 Å². The first kappa shape index (κ1) is 29.9. The van der Waals surface area contributed by atoms with Crippen LogP contribution in [0.15, 0.2) is 11.6 Å². The summed E-state index contributed by atoms with van der Waals surface area (Å²) in [5.41, 5.74) is 0.746. The lowest BCUT2D eigenvalue weighted by atomic mass is 9.42. The molecule has 4 aliphatic carbocycles. The van der Waals surface area contributed by atoms with E-state index in [0.717, 1.165) is 54.7 Å². The fourth-order valence-electron chi connectivity index (χ4n) is 10.8. The maximum Gasteiger partial charge on any atom is 0.509 e. The summed E-state index contributed by atoms with van der Waals surface area (Å²) < 4.78 is 12.2. The Balaban J connectivity index is 1.41. The molecule has 0 aromatic rings. The third kappa shape index (κ3) is 4.96. The summed E-state index contributed by atoms with van der Waals surface area (Å²) in [4.78, 5) is 12.8. The largest absolute Gasteiger partial charge is 0.509 e. The van der Waals surface area contributed by atoms with Gasteiger partial charge in [0.1, 0.15) is 0 Å². The van der Waals surface area contributed by atoms with Gasteiger partial charge in [0.15, 0.2) is 11.7 Å². The number of aliphatic hydroxyl groups excluding tert-OH is 1. The fraction of sp³-hybridized carbons (Fsp3) is 0.912. The SMILES string of the molecule is CC(C)CCC[C@@H](C)[C@H]1CC[C@H]2[C@@H]3CC=C4C[C@H](O)C5OC(=O)OC5(CCCCCCBr)[C@]4(C)[C@H]3CC[C@]12C. The minimum Gasteiger partial charge on any atom is -0.424 e. The Hall–Kier alpha value is -0.550. The lowest BCUT2D eigenvalue weighted by Gasteiger charge is -2.63. The molecule has 5 rings (SSSR count). The number of hydrogen-bond acceptors (Lipinski definition) is 4. The number of carbonyl (C=O) groups excluding carboxylic acids is 1. The average Bonchev–Trinajstić information content (AvgIpc) is 3.42. The molecule has 0 amide bonds. The third-order valence-electron chi connectivity index (χ3n) is 12.7. The van der Waals surface area contributed by atoms with Gasteiger partial charge in [-0.15, -0.1) is 0 Å². The monoisotopic (exact) mass is 606 g/mol. The van der Waals surface area contributed by atoms with Crippen molar-refractivity contribution in [1.82, 2.24) is 0 Å². The number of hydrogen-bond donors (Lipinski definition) is 1. The average molecular weight is 608 g/mol. The van der Waals surface area contributed by atoms with Crippen molar-refractivity contribution < 1.29 is 19.4 Å². The Morgan fingerprint density at radius 2 is 1.79 bits per heavy atom. The molecule has 39 heavy (non-hydrogen) atoms. The number of rotatable bonds is 11. The summed E-state index contributed by atoms with van der Waals surface area (Å²) in [6.45, 7) is 12.3. The van der Waals surface area contributed by atoms with E-state index < -0.39 is 24.0 Å². The predicted molar refractivity (Wildman–Crippen MR) is 161 cm³/mol. The van der Waals surface area contributed by atoms with Gasteiger partial charge in [0.05, 0.1) is 6.10 Å². The van der Waals surface area contributed by atoms with Crippen molar-refractivity contribution in [3.05, 3.63) is 11.6 Å². The van der Waals surface area contributed by atoms with E-state index in [4.69, 9.17) is 9.47 Å². The lowest BCUT2D eigenvalue weighted by Crippen LogP contribution is -2.67. The number of alkyl halides is 1. The second kappa shape index (κ2) is 11.6. The zero-order chi connectivity index (χ0) is 28.0. The summed E-state index contributed by atoms with van der Waals surface area (Å²) in [5, 5.41) is 12.3. The zero-order valence-electron chi connectivity index (χ0n) is 25.4. The van der Waals surface area contributed by atoms with Crippen LogP contribution in [-0.4, -0.2) is 34.4 Å². The molecule has 1 aliphatic heterocycles. The highest BCUT2D eigenvalue weighted by atomic mass is 79.9. The molecule has 0 bridgehead atoms. The van der Waals surface area contributed by atoms with Gasteiger partial charge in [0, 0.05) is 10.7 Å². The second-order valence-electron chi connectivity index (χ2n) is 15.0. The van der Waals surface area contributed by atoms with Crippen molar-refractivity contribution >= 4 is 22.1 Å².